The predicted molar refractivity (Wildman–Crippen MR) is 115 cm³/mol. The van der Waals surface area contributed by atoms with Crippen LogP contribution < -0.4 is 10.3 Å². The SMILES string of the molecule is CC(COP(O)O)Oc1ccc(-c2cn(-c3ccccc3)c3nc[nH]c(=O)c23)cc1. The Morgan fingerprint density at radius 2 is 1.87 bits per heavy atom. The van der Waals surface area contributed by atoms with Crippen molar-refractivity contribution in [2.45, 2.75) is 13.0 Å². The van der Waals surface area contributed by atoms with Crippen LogP contribution in [0.15, 0.2) is 71.9 Å². The number of rotatable bonds is 7. The van der Waals surface area contributed by atoms with Gasteiger partial charge < -0.3 is 28.6 Å². The van der Waals surface area contributed by atoms with Gasteiger partial charge in [0.25, 0.3) is 5.56 Å². The summed E-state index contributed by atoms with van der Waals surface area (Å²) in [6.45, 7) is 1.83. The zero-order chi connectivity index (χ0) is 21.1. The van der Waals surface area contributed by atoms with E-state index in [0.29, 0.717) is 16.8 Å². The standard InChI is InChI=1S/C21H20N3O5P/c1-14(12-28-30(26)27)29-17-9-7-15(8-10-17)18-11-24(16-5-3-2-4-6-16)20-19(18)21(25)23-13-22-20/h2-11,13-14,26-27H,12H2,1H3,(H,22,23,25). The topological polar surface area (TPSA) is 110 Å². The van der Waals surface area contributed by atoms with Crippen LogP contribution in [0.3, 0.4) is 0 Å². The maximum Gasteiger partial charge on any atom is 0.327 e. The van der Waals surface area contributed by atoms with Gasteiger partial charge in [-0.1, -0.05) is 30.3 Å². The van der Waals surface area contributed by atoms with Gasteiger partial charge >= 0.3 is 8.60 Å². The average Bonchev–Trinajstić information content (AvgIpc) is 3.14. The van der Waals surface area contributed by atoms with Crippen molar-refractivity contribution in [2.24, 2.45) is 0 Å². The molecule has 0 amide bonds. The van der Waals surface area contributed by atoms with Crippen LogP contribution in [-0.4, -0.2) is 37.0 Å². The number of nitrogens with zero attached hydrogens (tertiary/aromatic N) is 2. The third-order valence-corrected chi connectivity index (χ3v) is 4.93. The van der Waals surface area contributed by atoms with Gasteiger partial charge in [-0.25, -0.2) is 4.98 Å². The highest BCUT2D eigenvalue weighted by Crippen LogP contribution is 2.31. The first-order chi connectivity index (χ1) is 14.5. The molecule has 1 atom stereocenters. The van der Waals surface area contributed by atoms with E-state index < -0.39 is 8.60 Å². The largest absolute Gasteiger partial charge is 0.488 e. The van der Waals surface area contributed by atoms with Crippen molar-refractivity contribution in [3.05, 3.63) is 77.5 Å². The second-order valence-corrected chi connectivity index (χ2v) is 7.44. The summed E-state index contributed by atoms with van der Waals surface area (Å²) in [5, 5.41) is 0.510. The molecule has 154 valence electrons. The molecule has 0 aliphatic heterocycles. The Morgan fingerprint density at radius 3 is 2.57 bits per heavy atom. The van der Waals surface area contributed by atoms with E-state index in [2.05, 4.69) is 9.97 Å². The van der Waals surface area contributed by atoms with Crippen LogP contribution in [0, 0.1) is 0 Å². The van der Waals surface area contributed by atoms with Gasteiger partial charge in [0.15, 0.2) is 5.65 Å². The molecule has 0 radical (unpaired) electrons. The predicted octanol–water partition coefficient (Wildman–Crippen LogP) is 3.38. The highest BCUT2D eigenvalue weighted by molar-refractivity contribution is 7.39. The molecule has 3 N–H and O–H groups in total. The normalized spacial score (nSPS) is 12.4. The molecule has 4 rings (SSSR count). The molecular weight excluding hydrogens is 405 g/mol. The Balaban J connectivity index is 1.67. The maximum atomic E-state index is 12.6. The molecule has 30 heavy (non-hydrogen) atoms. The highest BCUT2D eigenvalue weighted by atomic mass is 31.2. The van der Waals surface area contributed by atoms with Gasteiger partial charge in [-0.2, -0.15) is 0 Å². The van der Waals surface area contributed by atoms with Crippen LogP contribution >= 0.6 is 8.60 Å². The van der Waals surface area contributed by atoms with Crippen molar-refractivity contribution in [1.29, 1.82) is 0 Å². The van der Waals surface area contributed by atoms with Crippen molar-refractivity contribution in [3.8, 4) is 22.6 Å². The second-order valence-electron chi connectivity index (χ2n) is 6.68. The van der Waals surface area contributed by atoms with Crippen LogP contribution in [0.5, 0.6) is 5.75 Å². The van der Waals surface area contributed by atoms with Gasteiger partial charge in [-0.15, -0.1) is 0 Å². The van der Waals surface area contributed by atoms with E-state index in [1.807, 2.05) is 53.2 Å². The lowest BCUT2D eigenvalue weighted by molar-refractivity contribution is 0.131. The lowest BCUT2D eigenvalue weighted by Crippen LogP contribution is -2.17. The van der Waals surface area contributed by atoms with E-state index >= 15 is 0 Å². The van der Waals surface area contributed by atoms with E-state index in [0.717, 1.165) is 16.8 Å². The van der Waals surface area contributed by atoms with Crippen molar-refractivity contribution in [3.63, 3.8) is 0 Å². The third kappa shape index (κ3) is 4.27. The Labute approximate surface area is 173 Å². The van der Waals surface area contributed by atoms with Crippen LogP contribution in [-0.2, 0) is 4.52 Å². The number of H-pyrrole nitrogens is 1. The lowest BCUT2D eigenvalue weighted by Gasteiger charge is -2.15. The van der Waals surface area contributed by atoms with Crippen molar-refractivity contribution >= 4 is 19.6 Å². The fourth-order valence-electron chi connectivity index (χ4n) is 3.23. The average molecular weight is 425 g/mol. The van der Waals surface area contributed by atoms with E-state index in [4.69, 9.17) is 19.0 Å². The molecule has 9 heteroatoms. The summed E-state index contributed by atoms with van der Waals surface area (Å²) in [4.78, 5) is 37.3. The molecule has 4 aromatic rings. The number of ether oxygens (including phenoxy) is 1. The van der Waals surface area contributed by atoms with Crippen LogP contribution in [0.25, 0.3) is 27.8 Å². The summed E-state index contributed by atoms with van der Waals surface area (Å²) in [5.74, 6) is 0.605. The molecule has 0 aliphatic rings. The summed E-state index contributed by atoms with van der Waals surface area (Å²) in [6, 6.07) is 17.0. The van der Waals surface area contributed by atoms with E-state index in [1.165, 1.54) is 6.33 Å². The summed E-state index contributed by atoms with van der Waals surface area (Å²) < 4.78 is 12.4. The van der Waals surface area contributed by atoms with Crippen LogP contribution in [0.4, 0.5) is 0 Å². The van der Waals surface area contributed by atoms with Crippen LogP contribution in [0.2, 0.25) is 0 Å². The highest BCUT2D eigenvalue weighted by Gasteiger charge is 2.16. The molecule has 2 aromatic carbocycles. The number of nitrogens with one attached hydrogen (secondary N) is 1. The first-order valence-electron chi connectivity index (χ1n) is 9.25. The number of aromatic nitrogens is 3. The van der Waals surface area contributed by atoms with Crippen molar-refractivity contribution in [1.82, 2.24) is 14.5 Å². The minimum atomic E-state index is -2.40. The Hall–Kier alpha value is -3.03. The van der Waals surface area contributed by atoms with E-state index in [9.17, 15) is 4.79 Å². The Kier molecular flexibility index (Phi) is 5.92. The quantitative estimate of drug-likeness (QED) is 0.392. The maximum absolute atomic E-state index is 12.6. The molecule has 0 bridgehead atoms. The number of aromatic amines is 1. The molecule has 0 saturated carbocycles. The molecule has 0 fully saturated rings. The lowest BCUT2D eigenvalue weighted by atomic mass is 10.1. The van der Waals surface area contributed by atoms with Crippen LogP contribution in [0.1, 0.15) is 6.92 Å². The molecule has 2 aromatic heterocycles. The van der Waals surface area contributed by atoms with Gasteiger partial charge in [0.1, 0.15) is 11.9 Å². The van der Waals surface area contributed by atoms with Gasteiger partial charge in [0.2, 0.25) is 0 Å². The molecule has 0 spiro atoms. The summed E-state index contributed by atoms with van der Waals surface area (Å²) in [7, 11) is -2.40. The van der Waals surface area contributed by atoms with E-state index in [1.54, 1.807) is 19.1 Å². The summed E-state index contributed by atoms with van der Waals surface area (Å²) in [5.41, 5.74) is 2.89. The van der Waals surface area contributed by atoms with Gasteiger partial charge in [0.05, 0.1) is 18.3 Å². The summed E-state index contributed by atoms with van der Waals surface area (Å²) >= 11 is 0. The number of para-hydroxylation sites is 1. The minimum Gasteiger partial charge on any atom is -0.488 e. The monoisotopic (exact) mass is 425 g/mol. The zero-order valence-electron chi connectivity index (χ0n) is 16.1. The smallest absolute Gasteiger partial charge is 0.327 e. The summed E-state index contributed by atoms with van der Waals surface area (Å²) in [6.07, 6.45) is 2.95. The number of hydrogen-bond acceptors (Lipinski definition) is 6. The first-order valence-corrected chi connectivity index (χ1v) is 10.4. The van der Waals surface area contributed by atoms with Gasteiger partial charge in [0, 0.05) is 17.4 Å². The molecule has 0 aliphatic carbocycles. The minimum absolute atomic E-state index is 0.0616. The van der Waals surface area contributed by atoms with Crippen molar-refractivity contribution < 1.29 is 19.0 Å². The fraction of sp³-hybridized carbons (Fsp3) is 0.143. The van der Waals surface area contributed by atoms with E-state index in [-0.39, 0.29) is 18.3 Å². The Bertz CT molecular complexity index is 1190. The molecule has 2 heterocycles. The number of hydrogen-bond donors (Lipinski definition) is 3. The third-order valence-electron chi connectivity index (χ3n) is 4.55. The number of benzene rings is 2. The molecule has 0 saturated heterocycles. The molecular formula is C21H20N3O5P. The Morgan fingerprint density at radius 1 is 1.13 bits per heavy atom. The van der Waals surface area contributed by atoms with Gasteiger partial charge in [-0.3, -0.25) is 4.79 Å². The zero-order valence-corrected chi connectivity index (χ0v) is 17.0. The number of fused-ring (bicyclic) bond motifs is 1. The first kappa shape index (κ1) is 20.3. The molecule has 1 unspecified atom stereocenters. The van der Waals surface area contributed by atoms with Crippen molar-refractivity contribution in [2.75, 3.05) is 6.61 Å². The fourth-order valence-corrected chi connectivity index (χ4v) is 3.57. The second kappa shape index (κ2) is 8.77. The van der Waals surface area contributed by atoms with Gasteiger partial charge in [-0.05, 0) is 36.8 Å². The molecule has 8 nitrogen and oxygen atoms in total.